The molecule has 0 spiro atoms. The molecule has 25 heavy (non-hydrogen) atoms. The quantitative estimate of drug-likeness (QED) is 0.717. The predicted octanol–water partition coefficient (Wildman–Crippen LogP) is 4.78. The maximum atomic E-state index is 11.5. The fourth-order valence-electron chi connectivity index (χ4n) is 3.17. The monoisotopic (exact) mass is 353 g/mol. The molecular weight excluding hydrogens is 334 g/mol. The molecule has 0 saturated heterocycles. The molecule has 1 heterocycles. The van der Waals surface area contributed by atoms with Crippen molar-refractivity contribution in [1.82, 2.24) is 4.98 Å². The van der Waals surface area contributed by atoms with Gasteiger partial charge in [-0.05, 0) is 42.8 Å². The molecule has 0 radical (unpaired) electrons. The topological polar surface area (TPSA) is 42.4 Å². The minimum atomic E-state index is -1.23. The van der Waals surface area contributed by atoms with Crippen LogP contribution in [0.4, 0.5) is 0 Å². The number of aromatic nitrogens is 1. The molecule has 0 aliphatic rings. The Morgan fingerprint density at radius 3 is 2.48 bits per heavy atom. The van der Waals surface area contributed by atoms with Crippen molar-refractivity contribution in [2.45, 2.75) is 18.4 Å². The van der Waals surface area contributed by atoms with Crippen molar-refractivity contribution in [1.29, 1.82) is 0 Å². The zero-order valence-corrected chi connectivity index (χ0v) is 14.9. The minimum Gasteiger partial charge on any atom is -0.496 e. The number of aliphatic hydroxyl groups is 1. The van der Waals surface area contributed by atoms with E-state index >= 15 is 0 Å². The highest BCUT2D eigenvalue weighted by molar-refractivity contribution is 6.30. The van der Waals surface area contributed by atoms with Gasteiger partial charge >= 0.3 is 0 Å². The number of hydrogen-bond acceptors (Lipinski definition) is 3. The number of hydrogen-bond donors (Lipinski definition) is 1. The third-order valence-electron chi connectivity index (χ3n) is 4.40. The van der Waals surface area contributed by atoms with Gasteiger partial charge in [-0.15, -0.1) is 0 Å². The Bertz CT molecular complexity index is 849. The predicted molar refractivity (Wildman–Crippen MR) is 100 cm³/mol. The van der Waals surface area contributed by atoms with Crippen LogP contribution in [-0.4, -0.2) is 17.2 Å². The lowest BCUT2D eigenvalue weighted by Crippen LogP contribution is -2.32. The first-order chi connectivity index (χ1) is 12.0. The van der Waals surface area contributed by atoms with Crippen molar-refractivity contribution in [3.8, 4) is 5.75 Å². The first kappa shape index (κ1) is 17.5. The lowest BCUT2D eigenvalue weighted by atomic mass is 9.76. The van der Waals surface area contributed by atoms with Crippen molar-refractivity contribution < 1.29 is 9.84 Å². The zero-order chi connectivity index (χ0) is 17.9. The van der Waals surface area contributed by atoms with Crippen LogP contribution in [0.25, 0.3) is 0 Å². The van der Waals surface area contributed by atoms with Crippen LogP contribution in [0.5, 0.6) is 5.75 Å². The summed E-state index contributed by atoms with van der Waals surface area (Å²) in [5.41, 5.74) is 1.13. The summed E-state index contributed by atoms with van der Waals surface area (Å²) in [7, 11) is 1.63. The second kappa shape index (κ2) is 7.26. The molecule has 2 aromatic carbocycles. The lowest BCUT2D eigenvalue weighted by Gasteiger charge is -2.34. The van der Waals surface area contributed by atoms with Crippen LogP contribution in [0.15, 0.2) is 72.9 Å². The van der Waals surface area contributed by atoms with E-state index in [1.807, 2.05) is 54.6 Å². The highest BCUT2D eigenvalue weighted by Gasteiger charge is 2.38. The average molecular weight is 354 g/mol. The molecule has 0 saturated carbocycles. The number of halogens is 1. The van der Waals surface area contributed by atoms with Crippen LogP contribution in [0.3, 0.4) is 0 Å². The van der Waals surface area contributed by atoms with Crippen molar-refractivity contribution in [3.63, 3.8) is 0 Å². The molecule has 3 aromatic rings. The molecule has 3 rings (SSSR count). The summed E-state index contributed by atoms with van der Waals surface area (Å²) in [5.74, 6) is 0.295. The van der Waals surface area contributed by atoms with Gasteiger partial charge in [-0.3, -0.25) is 4.98 Å². The highest BCUT2D eigenvalue weighted by Crippen LogP contribution is 2.44. The van der Waals surface area contributed by atoms with Crippen LogP contribution in [-0.2, 0) is 5.60 Å². The summed E-state index contributed by atoms with van der Waals surface area (Å²) in [4.78, 5) is 4.50. The second-order valence-electron chi connectivity index (χ2n) is 6.09. The maximum absolute atomic E-state index is 11.5. The fourth-order valence-corrected chi connectivity index (χ4v) is 3.36. The first-order valence-corrected chi connectivity index (χ1v) is 8.44. The van der Waals surface area contributed by atoms with Crippen LogP contribution in [0.2, 0.25) is 5.02 Å². The number of benzene rings is 2. The molecule has 1 aromatic heterocycles. The summed E-state index contributed by atoms with van der Waals surface area (Å²) >= 11 is 6.15. The van der Waals surface area contributed by atoms with E-state index in [1.54, 1.807) is 32.4 Å². The van der Waals surface area contributed by atoms with Gasteiger partial charge in [-0.1, -0.05) is 48.0 Å². The highest BCUT2D eigenvalue weighted by atomic mass is 35.5. The number of methoxy groups -OCH3 is 1. The smallest absolute Gasteiger partial charge is 0.122 e. The average Bonchev–Trinajstić information content (AvgIpc) is 2.63. The van der Waals surface area contributed by atoms with Gasteiger partial charge in [-0.25, -0.2) is 0 Å². The van der Waals surface area contributed by atoms with Crippen molar-refractivity contribution in [2.75, 3.05) is 7.11 Å². The van der Waals surface area contributed by atoms with E-state index in [0.29, 0.717) is 10.8 Å². The molecule has 0 amide bonds. The molecule has 3 nitrogen and oxygen atoms in total. The molecule has 2 atom stereocenters. The van der Waals surface area contributed by atoms with E-state index < -0.39 is 11.5 Å². The number of pyridine rings is 1. The van der Waals surface area contributed by atoms with Crippen LogP contribution in [0.1, 0.15) is 29.7 Å². The van der Waals surface area contributed by atoms with Gasteiger partial charge in [0.1, 0.15) is 5.75 Å². The third-order valence-corrected chi connectivity index (χ3v) is 4.64. The van der Waals surface area contributed by atoms with Gasteiger partial charge in [0.05, 0.1) is 24.3 Å². The van der Waals surface area contributed by atoms with Gasteiger partial charge in [0, 0.05) is 16.8 Å². The van der Waals surface area contributed by atoms with E-state index in [0.717, 1.165) is 16.8 Å². The van der Waals surface area contributed by atoms with Crippen LogP contribution in [0, 0.1) is 0 Å². The van der Waals surface area contributed by atoms with E-state index in [4.69, 9.17) is 16.3 Å². The van der Waals surface area contributed by atoms with Crippen molar-refractivity contribution in [3.05, 3.63) is 94.8 Å². The zero-order valence-electron chi connectivity index (χ0n) is 14.2. The molecule has 128 valence electrons. The van der Waals surface area contributed by atoms with E-state index in [2.05, 4.69) is 4.98 Å². The molecule has 1 N–H and O–H groups in total. The van der Waals surface area contributed by atoms with E-state index in [-0.39, 0.29) is 0 Å². The number of rotatable bonds is 5. The standard InChI is InChI=1S/C21H20ClNO2/c1-21(24,15-8-7-9-16(22)14-15)20(18-11-5-6-13-23-18)17-10-3-4-12-19(17)25-2/h3-14,20,24H,1-2H3. The largest absolute Gasteiger partial charge is 0.496 e. The Kier molecular flexibility index (Phi) is 5.07. The molecular formula is C21H20ClNO2. The van der Waals surface area contributed by atoms with Crippen molar-refractivity contribution in [2.24, 2.45) is 0 Å². The summed E-state index contributed by atoms with van der Waals surface area (Å²) in [6.07, 6.45) is 1.73. The molecule has 0 fully saturated rings. The molecule has 0 aliphatic carbocycles. The molecule has 4 heteroatoms. The maximum Gasteiger partial charge on any atom is 0.122 e. The number of nitrogens with zero attached hydrogens (tertiary/aromatic N) is 1. The fraction of sp³-hybridized carbons (Fsp3) is 0.190. The van der Waals surface area contributed by atoms with E-state index in [1.165, 1.54) is 0 Å². The SMILES string of the molecule is COc1ccccc1C(c1ccccn1)C(C)(O)c1cccc(Cl)c1. The normalized spacial score (nSPS) is 14.6. The summed E-state index contributed by atoms with van der Waals surface area (Å²) in [5, 5.41) is 12.1. The molecule has 2 unspecified atom stereocenters. The first-order valence-electron chi connectivity index (χ1n) is 8.06. The van der Waals surface area contributed by atoms with Gasteiger partial charge in [0.2, 0.25) is 0 Å². The lowest BCUT2D eigenvalue weighted by molar-refractivity contribution is 0.0373. The molecule has 0 aliphatic heterocycles. The van der Waals surface area contributed by atoms with E-state index in [9.17, 15) is 5.11 Å². The van der Waals surface area contributed by atoms with Gasteiger partial charge in [-0.2, -0.15) is 0 Å². The van der Waals surface area contributed by atoms with Crippen molar-refractivity contribution >= 4 is 11.6 Å². The second-order valence-corrected chi connectivity index (χ2v) is 6.52. The Hall–Kier alpha value is -2.36. The third kappa shape index (κ3) is 3.53. The number of ether oxygens (including phenoxy) is 1. The Morgan fingerprint density at radius 1 is 1.04 bits per heavy atom. The summed E-state index contributed by atoms with van der Waals surface area (Å²) in [6, 6.07) is 20.7. The molecule has 0 bridgehead atoms. The minimum absolute atomic E-state index is 0.414. The van der Waals surface area contributed by atoms with Crippen LogP contribution >= 0.6 is 11.6 Å². The summed E-state index contributed by atoms with van der Waals surface area (Å²) in [6.45, 7) is 1.78. The Morgan fingerprint density at radius 2 is 1.80 bits per heavy atom. The summed E-state index contributed by atoms with van der Waals surface area (Å²) < 4.78 is 5.54. The number of para-hydroxylation sites is 1. The Balaban J connectivity index is 2.21. The van der Waals surface area contributed by atoms with Gasteiger partial charge < -0.3 is 9.84 Å². The van der Waals surface area contributed by atoms with Gasteiger partial charge in [0.15, 0.2) is 0 Å². The Labute approximate surface area is 152 Å². The van der Waals surface area contributed by atoms with Crippen LogP contribution < -0.4 is 4.74 Å². The van der Waals surface area contributed by atoms with Gasteiger partial charge in [0.25, 0.3) is 0 Å².